The number of carboxylic acids is 1. The Morgan fingerprint density at radius 2 is 1.73 bits per heavy atom. The number of benzene rings is 2. The number of aryl methyl sites for hydroxylation is 1. The maximum atomic E-state index is 12.4. The van der Waals surface area contributed by atoms with Crippen LogP contribution in [-0.4, -0.2) is 51.9 Å². The standard InChI is InChI=1S/C17H15Cl2N3O.C2HF3O2.H2/c1-21(2)17(23)16-13-6-4-5-12(15(13)20-22(16)3)11-8-7-10(18)9-14(11)19;3-2(4,5)1(6)7;/h4-9H,1-3H3;(H,6,7);1H. The molecular formula is C19H18Cl2F3N3O3. The molecule has 1 N–H and O–H groups in total. The third-order valence-corrected chi connectivity index (χ3v) is 4.49. The Balaban J connectivity index is 0.000000523. The van der Waals surface area contributed by atoms with Crippen LogP contribution < -0.4 is 0 Å². The van der Waals surface area contributed by atoms with Crippen molar-refractivity contribution in [3.8, 4) is 11.1 Å². The number of fused-ring (bicyclic) bond motifs is 1. The van der Waals surface area contributed by atoms with Gasteiger partial charge < -0.3 is 10.0 Å². The van der Waals surface area contributed by atoms with Crippen molar-refractivity contribution in [2.45, 2.75) is 6.18 Å². The summed E-state index contributed by atoms with van der Waals surface area (Å²) in [5, 5.41) is 13.6. The minimum absolute atomic E-state index is 0. The highest BCUT2D eigenvalue weighted by Crippen LogP contribution is 2.35. The zero-order valence-corrected chi connectivity index (χ0v) is 17.5. The van der Waals surface area contributed by atoms with E-state index in [9.17, 15) is 18.0 Å². The number of aromatic nitrogens is 2. The van der Waals surface area contributed by atoms with Crippen LogP contribution in [0.5, 0.6) is 0 Å². The van der Waals surface area contributed by atoms with Crippen molar-refractivity contribution in [1.29, 1.82) is 0 Å². The summed E-state index contributed by atoms with van der Waals surface area (Å²) < 4.78 is 33.3. The molecule has 0 fully saturated rings. The van der Waals surface area contributed by atoms with Gasteiger partial charge in [-0.05, 0) is 12.1 Å². The number of rotatable bonds is 2. The summed E-state index contributed by atoms with van der Waals surface area (Å²) in [6, 6.07) is 11.1. The van der Waals surface area contributed by atoms with Crippen molar-refractivity contribution in [3.63, 3.8) is 0 Å². The van der Waals surface area contributed by atoms with Gasteiger partial charge in [-0.15, -0.1) is 0 Å². The van der Waals surface area contributed by atoms with Crippen LogP contribution in [0.1, 0.15) is 11.9 Å². The van der Waals surface area contributed by atoms with Gasteiger partial charge in [-0.2, -0.15) is 18.3 Å². The zero-order valence-electron chi connectivity index (χ0n) is 16.0. The summed E-state index contributed by atoms with van der Waals surface area (Å²) in [6.07, 6.45) is -5.08. The van der Waals surface area contributed by atoms with Gasteiger partial charge in [0.1, 0.15) is 11.2 Å². The van der Waals surface area contributed by atoms with Gasteiger partial charge in [0.05, 0.1) is 0 Å². The van der Waals surface area contributed by atoms with Gasteiger partial charge in [0.25, 0.3) is 5.91 Å². The Morgan fingerprint density at radius 3 is 2.23 bits per heavy atom. The van der Waals surface area contributed by atoms with E-state index in [1.54, 1.807) is 42.9 Å². The maximum Gasteiger partial charge on any atom is 0.490 e. The number of hydrogen-bond acceptors (Lipinski definition) is 3. The van der Waals surface area contributed by atoms with Gasteiger partial charge in [0, 0.05) is 49.1 Å². The number of carboxylic acid groups (broad SMARTS) is 1. The Morgan fingerprint density at radius 1 is 1.13 bits per heavy atom. The van der Waals surface area contributed by atoms with Crippen molar-refractivity contribution in [2.75, 3.05) is 14.1 Å². The molecule has 0 atom stereocenters. The first-order valence-electron chi connectivity index (χ1n) is 8.27. The molecule has 0 radical (unpaired) electrons. The molecule has 0 saturated heterocycles. The Bertz CT molecular complexity index is 1120. The molecule has 0 saturated carbocycles. The molecule has 162 valence electrons. The van der Waals surface area contributed by atoms with Crippen LogP contribution >= 0.6 is 23.2 Å². The van der Waals surface area contributed by atoms with Crippen LogP contribution in [0.2, 0.25) is 10.0 Å². The van der Waals surface area contributed by atoms with Gasteiger partial charge >= 0.3 is 12.1 Å². The van der Waals surface area contributed by atoms with E-state index in [4.69, 9.17) is 33.1 Å². The predicted molar refractivity (Wildman–Crippen MR) is 110 cm³/mol. The summed E-state index contributed by atoms with van der Waals surface area (Å²) in [5.74, 6) is -2.85. The second-order valence-corrected chi connectivity index (χ2v) is 7.14. The molecule has 1 aromatic heterocycles. The number of nitrogens with zero attached hydrogens (tertiary/aromatic N) is 3. The Labute approximate surface area is 180 Å². The van der Waals surface area contributed by atoms with E-state index < -0.39 is 12.1 Å². The molecule has 0 aliphatic carbocycles. The molecule has 30 heavy (non-hydrogen) atoms. The largest absolute Gasteiger partial charge is 0.490 e. The average molecular weight is 464 g/mol. The maximum absolute atomic E-state index is 12.4. The van der Waals surface area contributed by atoms with Crippen LogP contribution in [0.4, 0.5) is 13.2 Å². The Hall–Kier alpha value is -2.78. The average Bonchev–Trinajstić information content (AvgIpc) is 2.96. The first kappa shape index (κ1) is 23.5. The van der Waals surface area contributed by atoms with Crippen LogP contribution in [0, 0.1) is 0 Å². The number of halogens is 5. The van der Waals surface area contributed by atoms with Crippen molar-refractivity contribution in [1.82, 2.24) is 14.7 Å². The van der Waals surface area contributed by atoms with E-state index in [1.807, 2.05) is 24.3 Å². The summed E-state index contributed by atoms with van der Waals surface area (Å²) in [4.78, 5) is 22.9. The number of alkyl halides is 3. The van der Waals surface area contributed by atoms with Crippen molar-refractivity contribution in [2.24, 2.45) is 7.05 Å². The van der Waals surface area contributed by atoms with Crippen LogP contribution in [-0.2, 0) is 11.8 Å². The third kappa shape index (κ3) is 5.03. The number of carbonyl (C=O) groups is 2. The fourth-order valence-electron chi connectivity index (χ4n) is 2.61. The lowest BCUT2D eigenvalue weighted by molar-refractivity contribution is -0.192. The Kier molecular flexibility index (Phi) is 6.99. The lowest BCUT2D eigenvalue weighted by atomic mass is 10.0. The third-order valence-electron chi connectivity index (χ3n) is 3.94. The summed E-state index contributed by atoms with van der Waals surface area (Å²) >= 11 is 12.3. The van der Waals surface area contributed by atoms with Crippen molar-refractivity contribution < 1.29 is 29.3 Å². The molecule has 1 heterocycles. The van der Waals surface area contributed by atoms with Crippen molar-refractivity contribution in [3.05, 3.63) is 52.1 Å². The normalized spacial score (nSPS) is 11.1. The molecule has 0 bridgehead atoms. The van der Waals surface area contributed by atoms with E-state index in [0.717, 1.165) is 22.0 Å². The lowest BCUT2D eigenvalue weighted by Gasteiger charge is -2.10. The molecule has 2 aromatic carbocycles. The first-order valence-corrected chi connectivity index (χ1v) is 9.03. The van der Waals surface area contributed by atoms with Gasteiger partial charge in [0.15, 0.2) is 0 Å². The van der Waals surface area contributed by atoms with Gasteiger partial charge in [-0.3, -0.25) is 9.48 Å². The minimum atomic E-state index is -5.08. The molecule has 0 unspecified atom stereocenters. The molecule has 0 aliphatic heterocycles. The number of carbonyl (C=O) groups excluding carboxylic acids is 1. The van der Waals surface area contributed by atoms with E-state index in [1.165, 1.54) is 0 Å². The lowest BCUT2D eigenvalue weighted by Crippen LogP contribution is -2.24. The quantitative estimate of drug-likeness (QED) is 0.571. The van der Waals surface area contributed by atoms with Gasteiger partial charge in [-0.25, -0.2) is 4.79 Å². The highest BCUT2D eigenvalue weighted by atomic mass is 35.5. The number of aliphatic carboxylic acids is 1. The molecule has 0 aliphatic rings. The summed E-state index contributed by atoms with van der Waals surface area (Å²) in [7, 11) is 5.21. The van der Waals surface area contributed by atoms with Gasteiger partial charge in [0.2, 0.25) is 0 Å². The van der Waals surface area contributed by atoms with Gasteiger partial charge in [-0.1, -0.05) is 47.5 Å². The monoisotopic (exact) mass is 463 g/mol. The van der Waals surface area contributed by atoms with Crippen LogP contribution in [0.3, 0.4) is 0 Å². The fourth-order valence-corrected chi connectivity index (χ4v) is 3.12. The molecule has 1 amide bonds. The second kappa shape index (κ2) is 8.93. The molecule has 3 rings (SSSR count). The highest BCUT2D eigenvalue weighted by Gasteiger charge is 2.38. The van der Waals surface area contributed by atoms with E-state index in [2.05, 4.69) is 5.10 Å². The number of amides is 1. The molecule has 6 nitrogen and oxygen atoms in total. The molecular weight excluding hydrogens is 446 g/mol. The molecule has 0 spiro atoms. The smallest absolute Gasteiger partial charge is 0.475 e. The fraction of sp³-hybridized carbons (Fsp3) is 0.211. The second-order valence-electron chi connectivity index (χ2n) is 6.30. The zero-order chi connectivity index (χ0) is 22.8. The topological polar surface area (TPSA) is 75.4 Å². The SMILES string of the molecule is CN(C)C(=O)c1c2cccc(-c3ccc(Cl)cc3Cl)c2nn1C.O=C(O)C(F)(F)F.[HH]. The highest BCUT2D eigenvalue weighted by molar-refractivity contribution is 6.36. The number of hydrogen-bond donors (Lipinski definition) is 1. The van der Waals surface area contributed by atoms with E-state index >= 15 is 0 Å². The molecule has 11 heteroatoms. The van der Waals surface area contributed by atoms with Crippen LogP contribution in [0.15, 0.2) is 36.4 Å². The predicted octanol–water partition coefficient (Wildman–Crippen LogP) is 5.13. The molecule has 3 aromatic rings. The summed E-state index contributed by atoms with van der Waals surface area (Å²) in [5.41, 5.74) is 3.00. The summed E-state index contributed by atoms with van der Waals surface area (Å²) in [6.45, 7) is 0. The van der Waals surface area contributed by atoms with E-state index in [-0.39, 0.29) is 7.33 Å². The van der Waals surface area contributed by atoms with Crippen molar-refractivity contribution >= 4 is 46.0 Å². The minimum Gasteiger partial charge on any atom is -0.475 e. The van der Waals surface area contributed by atoms with Crippen LogP contribution in [0.25, 0.3) is 22.0 Å². The van der Waals surface area contributed by atoms with E-state index in [0.29, 0.717) is 15.7 Å². The first-order chi connectivity index (χ1) is 13.8.